The summed E-state index contributed by atoms with van der Waals surface area (Å²) in [6.07, 6.45) is 0. The van der Waals surface area contributed by atoms with Gasteiger partial charge in [0.15, 0.2) is 5.75 Å². The van der Waals surface area contributed by atoms with Crippen LogP contribution >= 0.6 is 24.1 Å². The number of nitrogens with zero attached hydrogens (tertiary/aromatic N) is 2. The third-order valence-electron chi connectivity index (χ3n) is 4.30. The van der Waals surface area contributed by atoms with Crippen LogP contribution in [0.15, 0.2) is 61.3 Å². The first-order chi connectivity index (χ1) is 16.2. The van der Waals surface area contributed by atoms with Crippen LogP contribution in [0, 0.1) is 6.92 Å². The summed E-state index contributed by atoms with van der Waals surface area (Å²) in [4.78, 5) is -0.410. The maximum Gasteiger partial charge on any atom is 0.296 e. The Balaban J connectivity index is 2.19. The summed E-state index contributed by atoms with van der Waals surface area (Å²) in [7, 11) is -3.56. The largest absolute Gasteiger partial charge is 0.505 e. The van der Waals surface area contributed by atoms with Crippen molar-refractivity contribution in [2.24, 2.45) is 10.2 Å². The molecule has 16 heteroatoms. The second kappa shape index (κ2) is 11.3. The first-order valence-electron chi connectivity index (χ1n) is 8.86. The fraction of sp³-hybridized carbons (Fsp3) is 0.111. The monoisotopic (exact) mass is 532 g/mol. The summed E-state index contributed by atoms with van der Waals surface area (Å²) in [6.45, 7) is 1.85. The van der Waals surface area contributed by atoms with Gasteiger partial charge in [-0.05, 0) is 24.4 Å². The standard InChI is InChI=1S/C18H16N2O11S3/c1-9-3-4-11-10(5-9)6-15(33-31-29-23)17(18(11)21)20-19-12-7-14(32-30-28-22)13(27-2)8-16(12)34(24,25)26/h3-8,21-23H,1-2H3,(H,24,25,26). The summed E-state index contributed by atoms with van der Waals surface area (Å²) in [5, 5.41) is 43.7. The molecule has 3 rings (SSSR count). The predicted octanol–water partition coefficient (Wildman–Crippen LogP) is 5.38. The van der Waals surface area contributed by atoms with Crippen LogP contribution < -0.4 is 4.74 Å². The first-order valence-corrected chi connectivity index (χ1v) is 11.8. The number of aromatic hydroxyl groups is 1. The number of methoxy groups -OCH3 is 1. The van der Waals surface area contributed by atoms with Crippen molar-refractivity contribution < 1.29 is 52.1 Å². The minimum atomic E-state index is -4.79. The van der Waals surface area contributed by atoms with E-state index in [1.807, 2.05) is 6.92 Å². The molecule has 0 aromatic heterocycles. The van der Waals surface area contributed by atoms with Crippen LogP contribution in [0.5, 0.6) is 11.5 Å². The number of phenolic OH excluding ortho intramolecular Hbond substituents is 1. The Morgan fingerprint density at radius 2 is 1.62 bits per heavy atom. The highest BCUT2D eigenvalue weighted by atomic mass is 32.2. The smallest absolute Gasteiger partial charge is 0.296 e. The molecule has 3 aromatic rings. The van der Waals surface area contributed by atoms with E-state index in [0.29, 0.717) is 34.9 Å². The van der Waals surface area contributed by atoms with Gasteiger partial charge in [0.05, 0.1) is 41.0 Å². The van der Waals surface area contributed by atoms with Gasteiger partial charge >= 0.3 is 0 Å². The van der Waals surface area contributed by atoms with Crippen molar-refractivity contribution in [3.8, 4) is 11.5 Å². The summed E-state index contributed by atoms with van der Waals surface area (Å²) in [5.41, 5.74) is 0.386. The van der Waals surface area contributed by atoms with E-state index in [2.05, 4.69) is 29.0 Å². The normalized spacial score (nSPS) is 12.0. The van der Waals surface area contributed by atoms with E-state index in [1.165, 1.54) is 7.11 Å². The van der Waals surface area contributed by atoms with Crippen LogP contribution in [0.2, 0.25) is 0 Å². The maximum absolute atomic E-state index is 11.9. The Hall–Kier alpha value is -2.51. The van der Waals surface area contributed by atoms with Crippen molar-refractivity contribution in [3.05, 3.63) is 42.0 Å². The molecule has 0 radical (unpaired) electrons. The van der Waals surface area contributed by atoms with Crippen molar-refractivity contribution in [1.29, 1.82) is 0 Å². The number of rotatable bonds is 10. The molecule has 0 aliphatic carbocycles. The van der Waals surface area contributed by atoms with Crippen LogP contribution in [0.4, 0.5) is 11.4 Å². The summed E-state index contributed by atoms with van der Waals surface area (Å²) in [5.74, 6) is -0.374. The summed E-state index contributed by atoms with van der Waals surface area (Å²) < 4.78 is 47.4. The van der Waals surface area contributed by atoms with Crippen LogP contribution in [-0.2, 0) is 28.9 Å². The van der Waals surface area contributed by atoms with E-state index in [0.717, 1.165) is 17.7 Å². The van der Waals surface area contributed by atoms with Gasteiger partial charge in [-0.1, -0.05) is 33.8 Å². The van der Waals surface area contributed by atoms with Gasteiger partial charge < -0.3 is 9.84 Å². The lowest BCUT2D eigenvalue weighted by molar-refractivity contribution is -0.432. The second-order valence-corrected chi connectivity index (χ2v) is 9.27. The van der Waals surface area contributed by atoms with Crippen LogP contribution in [0.3, 0.4) is 0 Å². The van der Waals surface area contributed by atoms with Gasteiger partial charge in [-0.3, -0.25) is 4.55 Å². The SMILES string of the molecule is COc1cc(S(=O)(=O)O)c(N=Nc2c(SOOO)cc3cc(C)ccc3c2O)cc1SOOO. The zero-order valence-corrected chi connectivity index (χ0v) is 19.7. The average Bonchev–Trinajstić information content (AvgIpc) is 2.79. The third kappa shape index (κ3) is 5.94. The molecule has 0 aliphatic rings. The average molecular weight is 533 g/mol. The second-order valence-electron chi connectivity index (χ2n) is 6.39. The number of hydrogen-bond acceptors (Lipinski definition) is 14. The van der Waals surface area contributed by atoms with Crippen LogP contribution in [0.1, 0.15) is 5.56 Å². The van der Waals surface area contributed by atoms with Crippen molar-refractivity contribution in [2.45, 2.75) is 21.6 Å². The highest BCUT2D eigenvalue weighted by Crippen LogP contribution is 2.45. The number of hydrogen-bond donors (Lipinski definition) is 4. The molecule has 0 bridgehead atoms. The van der Waals surface area contributed by atoms with E-state index in [4.69, 9.17) is 15.3 Å². The maximum atomic E-state index is 11.9. The lowest BCUT2D eigenvalue weighted by Crippen LogP contribution is -2.00. The third-order valence-corrected chi connectivity index (χ3v) is 6.43. The quantitative estimate of drug-likeness (QED) is 0.0857. The van der Waals surface area contributed by atoms with Crippen molar-refractivity contribution in [3.63, 3.8) is 0 Å². The number of ether oxygens (including phenoxy) is 1. The molecular weight excluding hydrogens is 516 g/mol. The molecule has 0 amide bonds. The number of azo groups is 1. The van der Waals surface area contributed by atoms with Crippen molar-refractivity contribution in [1.82, 2.24) is 0 Å². The fourth-order valence-corrected chi connectivity index (χ4v) is 4.48. The Morgan fingerprint density at radius 1 is 0.941 bits per heavy atom. The van der Waals surface area contributed by atoms with Gasteiger partial charge in [-0.25, -0.2) is 10.5 Å². The van der Waals surface area contributed by atoms with Gasteiger partial charge in [0.2, 0.25) is 0 Å². The van der Waals surface area contributed by atoms with E-state index in [1.54, 1.807) is 24.3 Å². The fourth-order valence-electron chi connectivity index (χ4n) is 2.88. The van der Waals surface area contributed by atoms with E-state index in [-0.39, 0.29) is 32.7 Å². The van der Waals surface area contributed by atoms with Crippen LogP contribution in [0.25, 0.3) is 10.8 Å². The molecule has 3 aromatic carbocycles. The topological polar surface area (TPSA) is 186 Å². The lowest BCUT2D eigenvalue weighted by Gasteiger charge is -2.11. The first kappa shape index (κ1) is 26.1. The van der Waals surface area contributed by atoms with Gasteiger partial charge in [0.25, 0.3) is 10.1 Å². The molecule has 0 spiro atoms. The molecule has 0 saturated carbocycles. The minimum Gasteiger partial charge on any atom is -0.505 e. The van der Waals surface area contributed by atoms with Gasteiger partial charge in [-0.15, -0.1) is 18.9 Å². The number of phenols is 1. The predicted molar refractivity (Wildman–Crippen MR) is 119 cm³/mol. The molecule has 0 heterocycles. The Labute approximate surface area is 200 Å². The zero-order valence-electron chi connectivity index (χ0n) is 17.2. The summed E-state index contributed by atoms with van der Waals surface area (Å²) >= 11 is 0.959. The Bertz CT molecular complexity index is 1330. The molecular formula is C18H16N2O11S3. The molecule has 182 valence electrons. The summed E-state index contributed by atoms with van der Waals surface area (Å²) in [6, 6.07) is 8.84. The molecule has 0 atom stereocenters. The lowest BCUT2D eigenvalue weighted by atomic mass is 10.1. The molecule has 34 heavy (non-hydrogen) atoms. The minimum absolute atomic E-state index is 0.0534. The molecule has 13 nitrogen and oxygen atoms in total. The van der Waals surface area contributed by atoms with E-state index >= 15 is 0 Å². The Kier molecular flexibility index (Phi) is 8.66. The highest BCUT2D eigenvalue weighted by Gasteiger charge is 2.22. The number of benzene rings is 3. The highest BCUT2D eigenvalue weighted by molar-refractivity contribution is 7.95. The molecule has 4 N–H and O–H groups in total. The van der Waals surface area contributed by atoms with Gasteiger partial charge in [0, 0.05) is 11.5 Å². The van der Waals surface area contributed by atoms with Gasteiger partial charge in [0.1, 0.15) is 22.0 Å². The molecule has 0 saturated heterocycles. The van der Waals surface area contributed by atoms with Crippen molar-refractivity contribution >= 4 is 56.4 Å². The molecule has 0 fully saturated rings. The van der Waals surface area contributed by atoms with Gasteiger partial charge in [-0.2, -0.15) is 8.42 Å². The van der Waals surface area contributed by atoms with Crippen molar-refractivity contribution in [2.75, 3.05) is 7.11 Å². The molecule has 0 aliphatic heterocycles. The molecule has 0 unspecified atom stereocenters. The number of fused-ring (bicyclic) bond motifs is 1. The zero-order chi connectivity index (χ0) is 24.9. The van der Waals surface area contributed by atoms with Crippen LogP contribution in [-0.4, -0.2) is 35.7 Å². The van der Waals surface area contributed by atoms with E-state index in [9.17, 15) is 18.1 Å². The van der Waals surface area contributed by atoms with E-state index < -0.39 is 15.0 Å². The Morgan fingerprint density at radius 3 is 2.24 bits per heavy atom. The number of aryl methyl sites for hydroxylation is 1.